The van der Waals surface area contributed by atoms with E-state index in [1.807, 2.05) is 11.8 Å². The standard InChI is InChI=1S/C22H32FN3O2/c1-17(21(27)24-12-9-18-5-7-20(23)8-6-18)25-15-10-19(11-16-25)22(28)26-13-3-2-4-14-26/h5-8,17,19H,2-4,9-16H2,1H3,(H,24,27). The lowest BCUT2D eigenvalue weighted by molar-refractivity contribution is -0.138. The van der Waals surface area contributed by atoms with E-state index in [-0.39, 0.29) is 23.7 Å². The average molecular weight is 390 g/mol. The zero-order chi connectivity index (χ0) is 19.9. The molecule has 1 atom stereocenters. The van der Waals surface area contributed by atoms with Crippen LogP contribution in [0.15, 0.2) is 24.3 Å². The number of carbonyl (C=O) groups is 2. The molecule has 2 saturated heterocycles. The molecule has 6 heteroatoms. The average Bonchev–Trinajstić information content (AvgIpc) is 2.74. The highest BCUT2D eigenvalue weighted by Gasteiger charge is 2.32. The molecule has 0 bridgehead atoms. The van der Waals surface area contributed by atoms with E-state index in [0.29, 0.717) is 18.9 Å². The lowest BCUT2D eigenvalue weighted by Gasteiger charge is -2.37. The molecule has 28 heavy (non-hydrogen) atoms. The number of hydrogen-bond donors (Lipinski definition) is 1. The molecule has 1 N–H and O–H groups in total. The molecule has 154 valence electrons. The van der Waals surface area contributed by atoms with Gasteiger partial charge in [-0.3, -0.25) is 14.5 Å². The Labute approximate surface area is 167 Å². The summed E-state index contributed by atoms with van der Waals surface area (Å²) in [6.07, 6.45) is 5.84. The molecule has 3 rings (SSSR count). The van der Waals surface area contributed by atoms with Gasteiger partial charge in [0.2, 0.25) is 11.8 Å². The second-order valence-electron chi connectivity index (χ2n) is 8.04. The number of hydrogen-bond acceptors (Lipinski definition) is 3. The van der Waals surface area contributed by atoms with Gasteiger partial charge in [-0.25, -0.2) is 4.39 Å². The zero-order valence-electron chi connectivity index (χ0n) is 16.8. The molecule has 1 aromatic rings. The van der Waals surface area contributed by atoms with Gasteiger partial charge >= 0.3 is 0 Å². The van der Waals surface area contributed by atoms with Crippen LogP contribution in [0.1, 0.15) is 44.6 Å². The molecule has 0 saturated carbocycles. The number of carbonyl (C=O) groups excluding carboxylic acids is 2. The summed E-state index contributed by atoms with van der Waals surface area (Å²) in [4.78, 5) is 29.3. The van der Waals surface area contributed by atoms with Crippen molar-refractivity contribution in [1.29, 1.82) is 0 Å². The molecule has 2 fully saturated rings. The van der Waals surface area contributed by atoms with Gasteiger partial charge in [0, 0.05) is 25.6 Å². The number of nitrogens with one attached hydrogen (secondary N) is 1. The van der Waals surface area contributed by atoms with Gasteiger partial charge in [-0.05, 0) is 76.2 Å². The third-order valence-corrected chi connectivity index (χ3v) is 6.10. The Kier molecular flexibility index (Phi) is 7.43. The number of halogens is 1. The zero-order valence-corrected chi connectivity index (χ0v) is 16.8. The summed E-state index contributed by atoms with van der Waals surface area (Å²) in [6.45, 7) is 5.87. The van der Waals surface area contributed by atoms with Crippen LogP contribution >= 0.6 is 0 Å². The molecular formula is C22H32FN3O2. The van der Waals surface area contributed by atoms with E-state index >= 15 is 0 Å². The minimum Gasteiger partial charge on any atom is -0.354 e. The van der Waals surface area contributed by atoms with E-state index in [1.165, 1.54) is 18.6 Å². The lowest BCUT2D eigenvalue weighted by Crippen LogP contribution is -2.50. The molecule has 2 aliphatic rings. The van der Waals surface area contributed by atoms with Crippen molar-refractivity contribution < 1.29 is 14.0 Å². The van der Waals surface area contributed by atoms with Crippen molar-refractivity contribution in [3.63, 3.8) is 0 Å². The molecule has 0 radical (unpaired) electrons. The summed E-state index contributed by atoms with van der Waals surface area (Å²) < 4.78 is 12.9. The van der Waals surface area contributed by atoms with Gasteiger partial charge in [-0.15, -0.1) is 0 Å². The first-order valence-electron chi connectivity index (χ1n) is 10.6. The fraction of sp³-hybridized carbons (Fsp3) is 0.636. The van der Waals surface area contributed by atoms with Crippen molar-refractivity contribution in [2.24, 2.45) is 5.92 Å². The maximum atomic E-state index is 12.9. The Bertz CT molecular complexity index is 650. The Morgan fingerprint density at radius 1 is 1.07 bits per heavy atom. The smallest absolute Gasteiger partial charge is 0.237 e. The third-order valence-electron chi connectivity index (χ3n) is 6.10. The molecule has 0 aromatic heterocycles. The van der Waals surface area contributed by atoms with Gasteiger partial charge in [0.25, 0.3) is 0 Å². The van der Waals surface area contributed by atoms with Crippen LogP contribution in [-0.4, -0.2) is 60.4 Å². The summed E-state index contributed by atoms with van der Waals surface area (Å²) in [5.41, 5.74) is 1.01. The van der Waals surface area contributed by atoms with Crippen LogP contribution in [0.3, 0.4) is 0 Å². The Hall–Kier alpha value is -1.95. The topological polar surface area (TPSA) is 52.7 Å². The number of benzene rings is 1. The molecular weight excluding hydrogens is 357 g/mol. The van der Waals surface area contributed by atoms with Gasteiger partial charge in [-0.2, -0.15) is 0 Å². The molecule has 2 heterocycles. The van der Waals surface area contributed by atoms with Crippen LogP contribution in [0.5, 0.6) is 0 Å². The molecule has 2 aliphatic heterocycles. The Balaban J connectivity index is 1.38. The summed E-state index contributed by atoms with van der Waals surface area (Å²) in [6, 6.07) is 6.17. The summed E-state index contributed by atoms with van der Waals surface area (Å²) in [5.74, 6) is 0.199. The summed E-state index contributed by atoms with van der Waals surface area (Å²) in [7, 11) is 0. The second-order valence-corrected chi connectivity index (χ2v) is 8.04. The van der Waals surface area contributed by atoms with Crippen molar-refractivity contribution in [2.75, 3.05) is 32.7 Å². The fourth-order valence-electron chi connectivity index (χ4n) is 4.20. The minimum absolute atomic E-state index is 0.0166. The highest BCUT2D eigenvalue weighted by molar-refractivity contribution is 5.81. The van der Waals surface area contributed by atoms with E-state index in [1.54, 1.807) is 12.1 Å². The van der Waals surface area contributed by atoms with E-state index in [9.17, 15) is 14.0 Å². The molecule has 1 aromatic carbocycles. The first-order chi connectivity index (χ1) is 13.5. The van der Waals surface area contributed by atoms with Crippen LogP contribution in [0.4, 0.5) is 4.39 Å². The van der Waals surface area contributed by atoms with Gasteiger partial charge < -0.3 is 10.2 Å². The SMILES string of the molecule is CC(C(=O)NCCc1ccc(F)cc1)N1CCC(C(=O)N2CCCCC2)CC1. The van der Waals surface area contributed by atoms with Crippen molar-refractivity contribution in [3.8, 4) is 0 Å². The number of likely N-dealkylation sites (tertiary alicyclic amines) is 2. The predicted molar refractivity (Wildman–Crippen MR) is 107 cm³/mol. The van der Waals surface area contributed by atoms with E-state index in [2.05, 4.69) is 10.2 Å². The van der Waals surface area contributed by atoms with Crippen molar-refractivity contribution in [3.05, 3.63) is 35.6 Å². The number of rotatable bonds is 6. The molecule has 1 unspecified atom stereocenters. The van der Waals surface area contributed by atoms with Crippen molar-refractivity contribution >= 4 is 11.8 Å². The number of nitrogens with zero attached hydrogens (tertiary/aromatic N) is 2. The fourth-order valence-corrected chi connectivity index (χ4v) is 4.20. The van der Waals surface area contributed by atoms with Crippen LogP contribution in [0.2, 0.25) is 0 Å². The van der Waals surface area contributed by atoms with Crippen molar-refractivity contribution in [1.82, 2.24) is 15.1 Å². The first kappa shape index (κ1) is 20.8. The van der Waals surface area contributed by atoms with Crippen LogP contribution < -0.4 is 5.32 Å². The highest BCUT2D eigenvalue weighted by Crippen LogP contribution is 2.23. The van der Waals surface area contributed by atoms with Gasteiger partial charge in [0.15, 0.2) is 0 Å². The van der Waals surface area contributed by atoms with Crippen LogP contribution in [-0.2, 0) is 16.0 Å². The van der Waals surface area contributed by atoms with Crippen LogP contribution in [0.25, 0.3) is 0 Å². The normalized spacial score (nSPS) is 20.0. The van der Waals surface area contributed by atoms with Crippen LogP contribution in [0, 0.1) is 11.7 Å². The first-order valence-corrected chi connectivity index (χ1v) is 10.6. The maximum absolute atomic E-state index is 12.9. The van der Waals surface area contributed by atoms with Gasteiger partial charge in [0.05, 0.1) is 6.04 Å². The quantitative estimate of drug-likeness (QED) is 0.814. The summed E-state index contributed by atoms with van der Waals surface area (Å²) >= 11 is 0. The largest absolute Gasteiger partial charge is 0.354 e. The molecule has 0 spiro atoms. The Morgan fingerprint density at radius 3 is 2.36 bits per heavy atom. The lowest BCUT2D eigenvalue weighted by atomic mass is 9.93. The monoisotopic (exact) mass is 389 g/mol. The Morgan fingerprint density at radius 2 is 1.71 bits per heavy atom. The minimum atomic E-state index is -0.247. The second kappa shape index (κ2) is 10.0. The number of amides is 2. The number of piperidine rings is 2. The summed E-state index contributed by atoms with van der Waals surface area (Å²) in [5, 5.41) is 2.98. The maximum Gasteiger partial charge on any atom is 0.237 e. The predicted octanol–water partition coefficient (Wildman–Crippen LogP) is 2.60. The molecule has 2 amide bonds. The van der Waals surface area contributed by atoms with E-state index < -0.39 is 0 Å². The van der Waals surface area contributed by atoms with Gasteiger partial charge in [-0.1, -0.05) is 12.1 Å². The van der Waals surface area contributed by atoms with E-state index in [0.717, 1.165) is 57.4 Å². The third kappa shape index (κ3) is 5.53. The van der Waals surface area contributed by atoms with Gasteiger partial charge in [0.1, 0.15) is 5.82 Å². The highest BCUT2D eigenvalue weighted by atomic mass is 19.1. The molecule has 0 aliphatic carbocycles. The van der Waals surface area contributed by atoms with Crippen molar-refractivity contribution in [2.45, 2.75) is 51.5 Å². The van der Waals surface area contributed by atoms with E-state index in [4.69, 9.17) is 0 Å². The molecule has 5 nitrogen and oxygen atoms in total.